The van der Waals surface area contributed by atoms with E-state index in [1.165, 1.54) is 12.3 Å². The van der Waals surface area contributed by atoms with Gasteiger partial charge in [-0.15, -0.1) is 0 Å². The smallest absolute Gasteiger partial charge is 0.337 e. The van der Waals surface area contributed by atoms with Gasteiger partial charge in [0.05, 0.1) is 21.8 Å². The van der Waals surface area contributed by atoms with Crippen molar-refractivity contribution in [2.24, 2.45) is 0 Å². The SMILES string of the molecule is O=C(O)c1cc(Oc2ccccc2Cl)ncc1Cl. The van der Waals surface area contributed by atoms with Gasteiger partial charge in [-0.2, -0.15) is 0 Å². The predicted octanol–water partition coefficient (Wildman–Crippen LogP) is 3.88. The average molecular weight is 284 g/mol. The standard InChI is InChI=1S/C12H7Cl2NO3/c13-8-3-1-2-4-10(8)18-11-5-7(12(16)17)9(14)6-15-11/h1-6H,(H,16,17). The van der Waals surface area contributed by atoms with Crippen molar-refractivity contribution in [2.45, 2.75) is 0 Å². The largest absolute Gasteiger partial charge is 0.478 e. The second-order valence-corrected chi connectivity index (χ2v) is 4.15. The number of carboxylic acid groups (broad SMARTS) is 1. The fourth-order valence-electron chi connectivity index (χ4n) is 1.28. The lowest BCUT2D eigenvalue weighted by atomic mass is 10.2. The Kier molecular flexibility index (Phi) is 3.69. The molecule has 4 nitrogen and oxygen atoms in total. The third kappa shape index (κ3) is 2.72. The first-order valence-corrected chi connectivity index (χ1v) is 5.65. The van der Waals surface area contributed by atoms with Crippen molar-refractivity contribution in [1.29, 1.82) is 0 Å². The van der Waals surface area contributed by atoms with Crippen LogP contribution in [0.25, 0.3) is 0 Å². The molecule has 6 heteroatoms. The molecule has 0 radical (unpaired) electrons. The van der Waals surface area contributed by atoms with E-state index in [4.69, 9.17) is 33.0 Å². The number of ether oxygens (including phenoxy) is 1. The molecular formula is C12H7Cl2NO3. The van der Waals surface area contributed by atoms with Crippen LogP contribution in [0.4, 0.5) is 0 Å². The molecule has 1 aromatic carbocycles. The van der Waals surface area contributed by atoms with Gasteiger partial charge in [0.15, 0.2) is 0 Å². The third-order valence-electron chi connectivity index (χ3n) is 2.11. The molecule has 0 aliphatic heterocycles. The molecule has 92 valence electrons. The van der Waals surface area contributed by atoms with Gasteiger partial charge in [0.25, 0.3) is 0 Å². The summed E-state index contributed by atoms with van der Waals surface area (Å²) in [4.78, 5) is 14.8. The van der Waals surface area contributed by atoms with Crippen LogP contribution < -0.4 is 4.74 Å². The van der Waals surface area contributed by atoms with Crippen LogP contribution in [-0.4, -0.2) is 16.1 Å². The minimum atomic E-state index is -1.15. The highest BCUT2D eigenvalue weighted by Crippen LogP contribution is 2.29. The van der Waals surface area contributed by atoms with Crippen LogP contribution in [0, 0.1) is 0 Å². The molecule has 18 heavy (non-hydrogen) atoms. The summed E-state index contributed by atoms with van der Waals surface area (Å²) in [5, 5.41) is 9.38. The maximum Gasteiger partial charge on any atom is 0.337 e. The monoisotopic (exact) mass is 283 g/mol. The fraction of sp³-hybridized carbons (Fsp3) is 0. The zero-order chi connectivity index (χ0) is 13.1. The van der Waals surface area contributed by atoms with E-state index in [-0.39, 0.29) is 16.5 Å². The number of pyridine rings is 1. The van der Waals surface area contributed by atoms with Crippen molar-refractivity contribution >= 4 is 29.2 Å². The highest BCUT2D eigenvalue weighted by Gasteiger charge is 2.12. The number of para-hydroxylation sites is 1. The van der Waals surface area contributed by atoms with Gasteiger partial charge < -0.3 is 9.84 Å². The van der Waals surface area contributed by atoms with E-state index in [1.807, 2.05) is 0 Å². The van der Waals surface area contributed by atoms with Gasteiger partial charge in [-0.1, -0.05) is 35.3 Å². The Morgan fingerprint density at radius 3 is 2.61 bits per heavy atom. The van der Waals surface area contributed by atoms with Crippen molar-refractivity contribution in [1.82, 2.24) is 4.98 Å². The number of carbonyl (C=O) groups is 1. The van der Waals surface area contributed by atoms with E-state index < -0.39 is 5.97 Å². The van der Waals surface area contributed by atoms with Crippen molar-refractivity contribution in [3.8, 4) is 11.6 Å². The molecule has 2 aromatic rings. The average Bonchev–Trinajstić information content (AvgIpc) is 2.34. The minimum Gasteiger partial charge on any atom is -0.478 e. The molecule has 0 unspecified atom stereocenters. The van der Waals surface area contributed by atoms with Crippen molar-refractivity contribution in [3.05, 3.63) is 52.1 Å². The van der Waals surface area contributed by atoms with Gasteiger partial charge in [-0.25, -0.2) is 9.78 Å². The summed E-state index contributed by atoms with van der Waals surface area (Å²) in [6.45, 7) is 0. The van der Waals surface area contributed by atoms with Crippen LogP contribution in [0.15, 0.2) is 36.5 Å². The number of hydrogen-bond donors (Lipinski definition) is 1. The number of aromatic nitrogens is 1. The molecule has 0 saturated carbocycles. The highest BCUT2D eigenvalue weighted by molar-refractivity contribution is 6.33. The summed E-state index contributed by atoms with van der Waals surface area (Å²) < 4.78 is 5.39. The van der Waals surface area contributed by atoms with E-state index in [0.717, 1.165) is 0 Å². The normalized spacial score (nSPS) is 10.1. The van der Waals surface area contributed by atoms with E-state index in [0.29, 0.717) is 10.8 Å². The van der Waals surface area contributed by atoms with Crippen LogP contribution in [-0.2, 0) is 0 Å². The number of nitrogens with zero attached hydrogens (tertiary/aromatic N) is 1. The Labute approximate surface area is 113 Å². The van der Waals surface area contributed by atoms with Crippen molar-refractivity contribution < 1.29 is 14.6 Å². The summed E-state index contributed by atoms with van der Waals surface area (Å²) in [5.74, 6) is -0.637. The number of hydrogen-bond acceptors (Lipinski definition) is 3. The van der Waals surface area contributed by atoms with Gasteiger partial charge in [0.1, 0.15) is 5.75 Å². The van der Waals surface area contributed by atoms with Crippen molar-refractivity contribution in [2.75, 3.05) is 0 Å². The van der Waals surface area contributed by atoms with Crippen LogP contribution in [0.2, 0.25) is 10.0 Å². The number of carboxylic acids is 1. The quantitative estimate of drug-likeness (QED) is 0.929. The predicted molar refractivity (Wildman–Crippen MR) is 67.7 cm³/mol. The topological polar surface area (TPSA) is 59.4 Å². The molecule has 0 bridgehead atoms. The van der Waals surface area contributed by atoms with Gasteiger partial charge in [0, 0.05) is 6.07 Å². The first-order valence-electron chi connectivity index (χ1n) is 4.89. The second kappa shape index (κ2) is 5.25. The third-order valence-corrected chi connectivity index (χ3v) is 2.73. The Hall–Kier alpha value is -1.78. The molecule has 1 N–H and O–H groups in total. The second-order valence-electron chi connectivity index (χ2n) is 3.34. The summed E-state index contributed by atoms with van der Waals surface area (Å²) in [5.41, 5.74) is -0.0753. The Bertz CT molecular complexity index is 602. The molecule has 0 aliphatic carbocycles. The number of rotatable bonds is 3. The molecule has 0 fully saturated rings. The molecule has 0 saturated heterocycles. The summed E-state index contributed by atoms with van der Waals surface area (Å²) in [7, 11) is 0. The first-order chi connectivity index (χ1) is 8.58. The molecule has 0 atom stereocenters. The zero-order valence-electron chi connectivity index (χ0n) is 8.93. The van der Waals surface area contributed by atoms with Gasteiger partial charge in [-0.05, 0) is 12.1 Å². The van der Waals surface area contributed by atoms with E-state index >= 15 is 0 Å². The fourth-order valence-corrected chi connectivity index (χ4v) is 1.64. The van der Waals surface area contributed by atoms with Gasteiger partial charge in [0.2, 0.25) is 5.88 Å². The van der Waals surface area contributed by atoms with Gasteiger partial charge >= 0.3 is 5.97 Å². The molecule has 1 heterocycles. The Morgan fingerprint density at radius 1 is 1.22 bits per heavy atom. The number of aromatic carboxylic acids is 1. The first kappa shape index (κ1) is 12.7. The van der Waals surface area contributed by atoms with Crippen LogP contribution in [0.1, 0.15) is 10.4 Å². The molecular weight excluding hydrogens is 277 g/mol. The van der Waals surface area contributed by atoms with Crippen molar-refractivity contribution in [3.63, 3.8) is 0 Å². The Morgan fingerprint density at radius 2 is 1.94 bits per heavy atom. The van der Waals surface area contributed by atoms with Crippen LogP contribution in [0.5, 0.6) is 11.6 Å². The minimum absolute atomic E-state index is 0.0500. The Balaban J connectivity index is 2.33. The van der Waals surface area contributed by atoms with E-state index in [9.17, 15) is 4.79 Å². The summed E-state index contributed by atoms with van der Waals surface area (Å²) in [6.07, 6.45) is 1.22. The lowest BCUT2D eigenvalue weighted by molar-refractivity contribution is 0.0696. The molecule has 0 aliphatic rings. The highest BCUT2D eigenvalue weighted by atomic mass is 35.5. The van der Waals surface area contributed by atoms with E-state index in [2.05, 4.69) is 4.98 Å². The molecule has 2 rings (SSSR count). The number of halogens is 2. The van der Waals surface area contributed by atoms with Crippen LogP contribution in [0.3, 0.4) is 0 Å². The molecule has 1 aromatic heterocycles. The molecule has 0 spiro atoms. The summed E-state index contributed by atoms with van der Waals surface area (Å²) in [6, 6.07) is 8.06. The van der Waals surface area contributed by atoms with E-state index in [1.54, 1.807) is 24.3 Å². The summed E-state index contributed by atoms with van der Waals surface area (Å²) >= 11 is 11.6. The van der Waals surface area contributed by atoms with Gasteiger partial charge in [-0.3, -0.25) is 0 Å². The molecule has 0 amide bonds. The lowest BCUT2D eigenvalue weighted by Gasteiger charge is -2.07. The maximum absolute atomic E-state index is 10.9. The number of benzene rings is 1. The van der Waals surface area contributed by atoms with Crippen LogP contribution >= 0.6 is 23.2 Å². The maximum atomic E-state index is 10.9. The zero-order valence-corrected chi connectivity index (χ0v) is 10.4. The lowest BCUT2D eigenvalue weighted by Crippen LogP contribution is -1.99.